The van der Waals surface area contributed by atoms with Gasteiger partial charge in [-0.3, -0.25) is 4.90 Å². The third-order valence-corrected chi connectivity index (χ3v) is 4.34. The molecule has 0 aliphatic carbocycles. The molecular formula is C18H20N2O2. The number of nitrogens with zero attached hydrogens (tertiary/aromatic N) is 1. The van der Waals surface area contributed by atoms with E-state index in [1.807, 2.05) is 30.3 Å². The van der Waals surface area contributed by atoms with Gasteiger partial charge in [0.2, 0.25) is 0 Å². The van der Waals surface area contributed by atoms with E-state index < -0.39 is 11.5 Å². The van der Waals surface area contributed by atoms with Crippen LogP contribution in [0.1, 0.15) is 27.9 Å². The second kappa shape index (κ2) is 5.91. The SMILES string of the molecule is NC1(c2ccc(C(=O)O)cc2)CCN(Cc2ccccc2)C1. The third-order valence-electron chi connectivity index (χ3n) is 4.34. The first-order chi connectivity index (χ1) is 10.6. The Morgan fingerprint density at radius 3 is 2.45 bits per heavy atom. The summed E-state index contributed by atoms with van der Waals surface area (Å²) in [4.78, 5) is 13.3. The Morgan fingerprint density at radius 2 is 1.82 bits per heavy atom. The number of likely N-dealkylation sites (tertiary alicyclic amines) is 1. The lowest BCUT2D eigenvalue weighted by Crippen LogP contribution is -2.39. The Balaban J connectivity index is 1.71. The van der Waals surface area contributed by atoms with Gasteiger partial charge in [-0.05, 0) is 29.7 Å². The number of carbonyl (C=O) groups is 1. The summed E-state index contributed by atoms with van der Waals surface area (Å²) in [6, 6.07) is 17.3. The van der Waals surface area contributed by atoms with Gasteiger partial charge >= 0.3 is 5.97 Å². The minimum Gasteiger partial charge on any atom is -0.478 e. The van der Waals surface area contributed by atoms with Gasteiger partial charge in [-0.25, -0.2) is 4.79 Å². The number of hydrogen-bond acceptors (Lipinski definition) is 3. The van der Waals surface area contributed by atoms with Crippen molar-refractivity contribution in [2.24, 2.45) is 5.73 Å². The van der Waals surface area contributed by atoms with Crippen molar-refractivity contribution in [1.82, 2.24) is 4.90 Å². The fourth-order valence-electron chi connectivity index (χ4n) is 3.07. The normalized spacial score (nSPS) is 21.9. The van der Waals surface area contributed by atoms with Crippen LogP contribution in [0.15, 0.2) is 54.6 Å². The van der Waals surface area contributed by atoms with E-state index in [9.17, 15) is 4.79 Å². The molecule has 1 aliphatic heterocycles. The van der Waals surface area contributed by atoms with E-state index >= 15 is 0 Å². The molecular weight excluding hydrogens is 276 g/mol. The van der Waals surface area contributed by atoms with E-state index in [0.29, 0.717) is 5.56 Å². The van der Waals surface area contributed by atoms with Crippen LogP contribution in [-0.4, -0.2) is 29.1 Å². The molecule has 1 heterocycles. The standard InChI is InChI=1S/C18H20N2O2/c19-18(16-8-6-15(7-9-16)17(21)22)10-11-20(13-18)12-14-4-2-1-3-5-14/h1-9H,10-13,19H2,(H,21,22). The lowest BCUT2D eigenvalue weighted by molar-refractivity contribution is 0.0697. The van der Waals surface area contributed by atoms with Crippen LogP contribution < -0.4 is 5.73 Å². The molecule has 2 aromatic rings. The van der Waals surface area contributed by atoms with Crippen molar-refractivity contribution in [1.29, 1.82) is 0 Å². The zero-order chi connectivity index (χ0) is 15.6. The predicted molar refractivity (Wildman–Crippen MR) is 85.6 cm³/mol. The molecule has 1 fully saturated rings. The molecule has 3 N–H and O–H groups in total. The van der Waals surface area contributed by atoms with Gasteiger partial charge in [-0.15, -0.1) is 0 Å². The summed E-state index contributed by atoms with van der Waals surface area (Å²) in [7, 11) is 0. The zero-order valence-electron chi connectivity index (χ0n) is 12.4. The summed E-state index contributed by atoms with van der Waals surface area (Å²) in [6.45, 7) is 2.63. The molecule has 114 valence electrons. The first kappa shape index (κ1) is 14.8. The fraction of sp³-hybridized carbons (Fsp3) is 0.278. The second-order valence-corrected chi connectivity index (χ2v) is 5.98. The first-order valence-electron chi connectivity index (χ1n) is 7.46. The molecule has 22 heavy (non-hydrogen) atoms. The molecule has 1 aliphatic rings. The van der Waals surface area contributed by atoms with Gasteiger partial charge in [-0.2, -0.15) is 0 Å². The van der Waals surface area contributed by atoms with Gasteiger partial charge in [0.25, 0.3) is 0 Å². The van der Waals surface area contributed by atoms with Crippen LogP contribution in [0.2, 0.25) is 0 Å². The van der Waals surface area contributed by atoms with Crippen LogP contribution in [0.5, 0.6) is 0 Å². The third kappa shape index (κ3) is 3.03. The summed E-state index contributed by atoms with van der Waals surface area (Å²) < 4.78 is 0. The Bertz CT molecular complexity index is 655. The number of aromatic carboxylic acids is 1. The molecule has 2 aromatic carbocycles. The average Bonchev–Trinajstić information content (AvgIpc) is 2.91. The monoisotopic (exact) mass is 296 g/mol. The zero-order valence-corrected chi connectivity index (χ0v) is 12.4. The lowest BCUT2D eigenvalue weighted by Gasteiger charge is -2.25. The molecule has 4 nitrogen and oxygen atoms in total. The Morgan fingerprint density at radius 1 is 1.14 bits per heavy atom. The van der Waals surface area contributed by atoms with Crippen LogP contribution in [0, 0.1) is 0 Å². The summed E-state index contributed by atoms with van der Waals surface area (Å²) in [5.41, 5.74) is 8.75. The van der Waals surface area contributed by atoms with Gasteiger partial charge < -0.3 is 10.8 Å². The largest absolute Gasteiger partial charge is 0.478 e. The summed E-state index contributed by atoms with van der Waals surface area (Å²) in [6.07, 6.45) is 0.881. The Kier molecular flexibility index (Phi) is 3.96. The maximum atomic E-state index is 10.9. The number of carboxylic acids is 1. The van der Waals surface area contributed by atoms with Crippen molar-refractivity contribution in [2.45, 2.75) is 18.5 Å². The number of carboxylic acid groups (broad SMARTS) is 1. The first-order valence-corrected chi connectivity index (χ1v) is 7.46. The molecule has 1 atom stereocenters. The Labute approximate surface area is 130 Å². The quantitative estimate of drug-likeness (QED) is 0.909. The predicted octanol–water partition coefficient (Wildman–Crippen LogP) is 2.44. The van der Waals surface area contributed by atoms with E-state index in [1.54, 1.807) is 12.1 Å². The van der Waals surface area contributed by atoms with Crippen LogP contribution in [0.4, 0.5) is 0 Å². The van der Waals surface area contributed by atoms with Gasteiger partial charge in [-0.1, -0.05) is 42.5 Å². The molecule has 1 unspecified atom stereocenters. The molecule has 4 heteroatoms. The van der Waals surface area contributed by atoms with E-state index in [4.69, 9.17) is 10.8 Å². The van der Waals surface area contributed by atoms with Gasteiger partial charge in [0.15, 0.2) is 0 Å². The number of hydrogen-bond donors (Lipinski definition) is 2. The van der Waals surface area contributed by atoms with Crippen molar-refractivity contribution in [2.75, 3.05) is 13.1 Å². The fourth-order valence-corrected chi connectivity index (χ4v) is 3.07. The molecule has 0 amide bonds. The van der Waals surface area contributed by atoms with Crippen molar-refractivity contribution in [3.8, 4) is 0 Å². The van der Waals surface area contributed by atoms with E-state index in [-0.39, 0.29) is 0 Å². The van der Waals surface area contributed by atoms with E-state index in [2.05, 4.69) is 17.0 Å². The van der Waals surface area contributed by atoms with Crippen LogP contribution >= 0.6 is 0 Å². The maximum Gasteiger partial charge on any atom is 0.335 e. The number of nitrogens with two attached hydrogens (primary N) is 1. The minimum absolute atomic E-state index is 0.298. The molecule has 0 radical (unpaired) electrons. The van der Waals surface area contributed by atoms with E-state index in [0.717, 1.165) is 31.6 Å². The van der Waals surface area contributed by atoms with Gasteiger partial charge in [0.1, 0.15) is 0 Å². The summed E-state index contributed by atoms with van der Waals surface area (Å²) in [5, 5.41) is 8.97. The number of rotatable bonds is 4. The molecule has 0 saturated carbocycles. The highest BCUT2D eigenvalue weighted by molar-refractivity contribution is 5.87. The highest BCUT2D eigenvalue weighted by Crippen LogP contribution is 2.30. The summed E-state index contributed by atoms with van der Waals surface area (Å²) >= 11 is 0. The van der Waals surface area contributed by atoms with E-state index in [1.165, 1.54) is 5.56 Å². The second-order valence-electron chi connectivity index (χ2n) is 5.98. The van der Waals surface area contributed by atoms with Gasteiger partial charge in [0, 0.05) is 19.6 Å². The average molecular weight is 296 g/mol. The van der Waals surface area contributed by atoms with Crippen molar-refractivity contribution < 1.29 is 9.90 Å². The smallest absolute Gasteiger partial charge is 0.335 e. The van der Waals surface area contributed by atoms with Crippen molar-refractivity contribution in [3.63, 3.8) is 0 Å². The molecule has 1 saturated heterocycles. The van der Waals surface area contributed by atoms with Crippen molar-refractivity contribution >= 4 is 5.97 Å². The highest BCUT2D eigenvalue weighted by Gasteiger charge is 2.35. The lowest BCUT2D eigenvalue weighted by atomic mass is 9.89. The van der Waals surface area contributed by atoms with Crippen LogP contribution in [-0.2, 0) is 12.1 Å². The molecule has 0 aromatic heterocycles. The Hall–Kier alpha value is -2.17. The minimum atomic E-state index is -0.908. The van der Waals surface area contributed by atoms with Crippen molar-refractivity contribution in [3.05, 3.63) is 71.3 Å². The van der Waals surface area contributed by atoms with Gasteiger partial charge in [0.05, 0.1) is 11.1 Å². The molecule has 0 bridgehead atoms. The number of benzene rings is 2. The highest BCUT2D eigenvalue weighted by atomic mass is 16.4. The molecule has 3 rings (SSSR count). The summed E-state index contributed by atoms with van der Waals surface area (Å²) in [5.74, 6) is -0.908. The molecule has 0 spiro atoms. The van der Waals surface area contributed by atoms with Crippen LogP contribution in [0.25, 0.3) is 0 Å². The maximum absolute atomic E-state index is 10.9. The van der Waals surface area contributed by atoms with Crippen LogP contribution in [0.3, 0.4) is 0 Å². The topological polar surface area (TPSA) is 66.6 Å².